The van der Waals surface area contributed by atoms with Gasteiger partial charge in [-0.15, -0.1) is 0 Å². The van der Waals surface area contributed by atoms with E-state index >= 15 is 0 Å². The van der Waals surface area contributed by atoms with Crippen molar-refractivity contribution in [3.63, 3.8) is 0 Å². The van der Waals surface area contributed by atoms with E-state index in [4.69, 9.17) is 4.74 Å². The van der Waals surface area contributed by atoms with Gasteiger partial charge in [0.2, 0.25) is 13.4 Å². The summed E-state index contributed by atoms with van der Waals surface area (Å²) >= 11 is 0. The number of rotatable bonds is 6. The van der Waals surface area contributed by atoms with Crippen molar-refractivity contribution in [2.45, 2.75) is 96.9 Å². The van der Waals surface area contributed by atoms with Crippen LogP contribution in [0.15, 0.2) is 82.1 Å². The monoisotopic (exact) mass is 668 g/mol. The Balaban J connectivity index is 2.01. The number of ether oxygens (including phenoxy) is 1. The highest BCUT2D eigenvalue weighted by atomic mass is 16.5. The van der Waals surface area contributed by atoms with Crippen molar-refractivity contribution >= 4 is 35.3 Å². The van der Waals surface area contributed by atoms with Gasteiger partial charge in [0.15, 0.2) is 0 Å². The Morgan fingerprint density at radius 2 is 0.627 bits per heavy atom. The van der Waals surface area contributed by atoms with Crippen LogP contribution in [0.5, 0.6) is 0 Å². The molecule has 0 saturated carbocycles. The van der Waals surface area contributed by atoms with Gasteiger partial charge in [0.05, 0.1) is 11.5 Å². The molecule has 0 unspecified atom stereocenters. The Morgan fingerprint density at radius 3 is 0.824 bits per heavy atom. The Morgan fingerprint density at radius 1 is 0.412 bits per heavy atom. The quantitative estimate of drug-likeness (QED) is 0.154. The van der Waals surface area contributed by atoms with Crippen LogP contribution >= 0.6 is 0 Å². The number of benzene rings is 4. The van der Waals surface area contributed by atoms with Crippen molar-refractivity contribution in [1.82, 2.24) is 0 Å². The molecule has 0 amide bonds. The van der Waals surface area contributed by atoms with Gasteiger partial charge in [0.1, 0.15) is 17.7 Å². The summed E-state index contributed by atoms with van der Waals surface area (Å²) in [5.41, 5.74) is 21.5. The number of aryl methyl sites for hydroxylation is 12. The average Bonchev–Trinajstić information content (AvgIpc) is 2.99. The van der Waals surface area contributed by atoms with E-state index in [-0.39, 0.29) is 19.0 Å². The van der Waals surface area contributed by atoms with Gasteiger partial charge in [-0.25, -0.2) is 0 Å². The molecule has 0 atom stereocenters. The molecular formula is C46H50B2N2O. The second-order valence-corrected chi connectivity index (χ2v) is 15.1. The fraction of sp³-hybridized carbons (Fsp3) is 0.304. The standard InChI is InChI=1S/C46H50B2N2O/c1-25-15-29(5)41(30(6)16-25)47(42-31(7)17-26(2)18-32(42)8)45-37(13)51-38(14)46(40(45)39(23-49)24-50)48(43-33(9)19-27(3)20-34(43)10)44-35(11)21-28(4)22-36(44)12/h15-22H,1-14H3. The van der Waals surface area contributed by atoms with Gasteiger partial charge < -0.3 is 4.74 Å². The van der Waals surface area contributed by atoms with E-state index in [0.717, 1.165) is 10.9 Å². The highest BCUT2D eigenvalue weighted by molar-refractivity contribution is 6.96. The van der Waals surface area contributed by atoms with Crippen molar-refractivity contribution in [2.75, 3.05) is 0 Å². The molecule has 0 saturated heterocycles. The molecule has 1 heterocycles. The molecule has 0 aromatic heterocycles. The maximum absolute atomic E-state index is 10.9. The number of nitrogens with zero attached hydrogens (tertiary/aromatic N) is 2. The van der Waals surface area contributed by atoms with Gasteiger partial charge in [-0.3, -0.25) is 0 Å². The lowest BCUT2D eigenvalue weighted by Crippen LogP contribution is -2.54. The van der Waals surface area contributed by atoms with Crippen LogP contribution in [0.2, 0.25) is 0 Å². The minimum Gasteiger partial charge on any atom is -0.468 e. The number of nitriles is 2. The van der Waals surface area contributed by atoms with Gasteiger partial charge in [-0.2, -0.15) is 10.5 Å². The van der Waals surface area contributed by atoms with Crippen LogP contribution < -0.4 is 21.9 Å². The first-order chi connectivity index (χ1) is 24.0. The van der Waals surface area contributed by atoms with Crippen LogP contribution in [-0.4, -0.2) is 13.4 Å². The molecule has 0 radical (unpaired) electrons. The van der Waals surface area contributed by atoms with Crippen LogP contribution in [0.4, 0.5) is 0 Å². The zero-order valence-electron chi connectivity index (χ0n) is 33.1. The van der Waals surface area contributed by atoms with Crippen molar-refractivity contribution < 1.29 is 4.74 Å². The van der Waals surface area contributed by atoms with Gasteiger partial charge in [-0.05, 0) is 108 Å². The van der Waals surface area contributed by atoms with E-state index in [2.05, 4.69) is 144 Å². The van der Waals surface area contributed by atoms with Gasteiger partial charge in [0, 0.05) is 5.57 Å². The molecule has 4 aromatic rings. The second-order valence-electron chi connectivity index (χ2n) is 15.1. The number of allylic oxidation sites excluding steroid dienone is 6. The topological polar surface area (TPSA) is 56.8 Å². The molecular weight excluding hydrogens is 618 g/mol. The molecule has 0 fully saturated rings. The normalized spacial score (nSPS) is 12.8. The van der Waals surface area contributed by atoms with Gasteiger partial charge in [-0.1, -0.05) is 137 Å². The summed E-state index contributed by atoms with van der Waals surface area (Å²) in [4.78, 5) is 0. The first-order valence-corrected chi connectivity index (χ1v) is 18.0. The van der Waals surface area contributed by atoms with E-state index < -0.39 is 0 Å². The predicted molar refractivity (Wildman–Crippen MR) is 217 cm³/mol. The molecule has 256 valence electrons. The average molecular weight is 669 g/mol. The Labute approximate surface area is 307 Å². The van der Waals surface area contributed by atoms with E-state index in [1.165, 1.54) is 88.6 Å². The Bertz CT molecular complexity index is 1940. The van der Waals surface area contributed by atoms with E-state index in [0.29, 0.717) is 17.1 Å². The minimum atomic E-state index is -0.290. The molecule has 5 heteroatoms. The number of hydrogen-bond acceptors (Lipinski definition) is 3. The van der Waals surface area contributed by atoms with Gasteiger partial charge in [0.25, 0.3) is 0 Å². The lowest BCUT2D eigenvalue weighted by Gasteiger charge is -2.36. The van der Waals surface area contributed by atoms with Crippen LogP contribution in [-0.2, 0) is 4.74 Å². The van der Waals surface area contributed by atoms with E-state index in [1.807, 2.05) is 13.8 Å². The highest BCUT2D eigenvalue weighted by Gasteiger charge is 2.43. The summed E-state index contributed by atoms with van der Waals surface area (Å²) in [5, 5.41) is 21.8. The van der Waals surface area contributed by atoms with E-state index in [9.17, 15) is 10.5 Å². The molecule has 0 spiro atoms. The third-order valence-corrected chi connectivity index (χ3v) is 10.8. The van der Waals surface area contributed by atoms with Crippen molar-refractivity contribution in [1.29, 1.82) is 10.5 Å². The third kappa shape index (κ3) is 6.76. The fourth-order valence-corrected chi connectivity index (χ4v) is 9.39. The smallest absolute Gasteiger partial charge is 0.247 e. The first kappa shape index (κ1) is 37.3. The SMILES string of the molecule is CC1=C(B(c2c(C)cc(C)cc2C)c2c(C)cc(C)cc2C)C(=C(C#N)C#N)C(B(c2c(C)cc(C)cc2C)c2c(C)cc(C)cc2C)=C(C)O1. The zero-order chi connectivity index (χ0) is 37.6. The molecule has 1 aliphatic heterocycles. The lowest BCUT2D eigenvalue weighted by molar-refractivity contribution is 0.300. The van der Waals surface area contributed by atoms with Crippen molar-refractivity contribution in [3.8, 4) is 12.1 Å². The molecule has 5 rings (SSSR count). The van der Waals surface area contributed by atoms with Crippen LogP contribution in [0.25, 0.3) is 0 Å². The first-order valence-electron chi connectivity index (χ1n) is 18.0. The molecule has 0 bridgehead atoms. The molecule has 51 heavy (non-hydrogen) atoms. The Hall–Kier alpha value is -4.99. The minimum absolute atomic E-state index is 0.103. The predicted octanol–water partition coefficient (Wildman–Crippen LogP) is 8.31. The molecule has 0 aliphatic carbocycles. The molecule has 3 nitrogen and oxygen atoms in total. The second kappa shape index (κ2) is 14.3. The maximum atomic E-state index is 10.9. The fourth-order valence-electron chi connectivity index (χ4n) is 9.39. The number of hydrogen-bond donors (Lipinski definition) is 0. The zero-order valence-corrected chi connectivity index (χ0v) is 33.1. The maximum Gasteiger partial charge on any atom is 0.247 e. The molecule has 1 aliphatic rings. The Kier molecular flexibility index (Phi) is 10.5. The summed E-state index contributed by atoms with van der Waals surface area (Å²) in [6, 6.07) is 22.7. The van der Waals surface area contributed by atoms with Gasteiger partial charge >= 0.3 is 0 Å². The largest absolute Gasteiger partial charge is 0.468 e. The van der Waals surface area contributed by atoms with Crippen molar-refractivity contribution in [2.24, 2.45) is 0 Å². The van der Waals surface area contributed by atoms with E-state index in [1.54, 1.807) is 0 Å². The summed E-state index contributed by atoms with van der Waals surface area (Å²) < 4.78 is 6.95. The summed E-state index contributed by atoms with van der Waals surface area (Å²) in [7, 11) is 0. The summed E-state index contributed by atoms with van der Waals surface area (Å²) in [6.45, 7) is 29.4. The highest BCUT2D eigenvalue weighted by Crippen LogP contribution is 2.39. The molecule has 4 aromatic carbocycles. The summed E-state index contributed by atoms with van der Waals surface area (Å²) in [6.07, 6.45) is 0. The molecule has 0 N–H and O–H groups in total. The third-order valence-electron chi connectivity index (χ3n) is 10.8. The lowest BCUT2D eigenvalue weighted by atomic mass is 9.27. The van der Waals surface area contributed by atoms with Crippen LogP contribution in [0.1, 0.15) is 80.6 Å². The van der Waals surface area contributed by atoms with Crippen LogP contribution in [0.3, 0.4) is 0 Å². The summed E-state index contributed by atoms with van der Waals surface area (Å²) in [5.74, 6) is 1.43. The van der Waals surface area contributed by atoms with Crippen molar-refractivity contribution in [3.05, 3.63) is 149 Å². The van der Waals surface area contributed by atoms with Crippen LogP contribution in [0, 0.1) is 106 Å².